The van der Waals surface area contributed by atoms with Crippen LogP contribution in [0.2, 0.25) is 0 Å². The Morgan fingerprint density at radius 1 is 0.938 bits per heavy atom. The van der Waals surface area contributed by atoms with E-state index in [1.54, 1.807) is 12.1 Å². The summed E-state index contributed by atoms with van der Waals surface area (Å²) in [5, 5.41) is 2.91. The van der Waals surface area contributed by atoms with Crippen LogP contribution < -0.4 is 19.5 Å². The fraction of sp³-hybridized carbons (Fsp3) is 0.208. The number of hydrogen-bond donors (Lipinski definition) is 2. The van der Waals surface area contributed by atoms with Crippen LogP contribution in [-0.2, 0) is 16.6 Å². The van der Waals surface area contributed by atoms with Crippen molar-refractivity contribution >= 4 is 15.9 Å². The lowest BCUT2D eigenvalue weighted by Crippen LogP contribution is -2.28. The first-order valence-corrected chi connectivity index (χ1v) is 11.7. The molecular weight excluding hydrogens is 428 g/mol. The molecule has 1 aliphatic rings. The van der Waals surface area contributed by atoms with Crippen LogP contribution in [0.1, 0.15) is 34.5 Å². The summed E-state index contributed by atoms with van der Waals surface area (Å²) in [5.41, 5.74) is 1.96. The summed E-state index contributed by atoms with van der Waals surface area (Å²) in [6, 6.07) is 20.4. The molecule has 0 bridgehead atoms. The van der Waals surface area contributed by atoms with E-state index in [1.807, 2.05) is 55.5 Å². The van der Waals surface area contributed by atoms with Crippen molar-refractivity contribution in [2.45, 2.75) is 24.4 Å². The van der Waals surface area contributed by atoms with Crippen LogP contribution in [-0.4, -0.2) is 27.5 Å². The Morgan fingerprint density at radius 2 is 1.69 bits per heavy atom. The molecule has 0 fully saturated rings. The topological polar surface area (TPSA) is 93.7 Å². The van der Waals surface area contributed by atoms with Gasteiger partial charge in [0.05, 0.1) is 10.9 Å². The van der Waals surface area contributed by atoms with Gasteiger partial charge < -0.3 is 14.8 Å². The number of rotatable bonds is 7. The summed E-state index contributed by atoms with van der Waals surface area (Å²) in [7, 11) is -3.77. The van der Waals surface area contributed by atoms with E-state index in [0.29, 0.717) is 24.7 Å². The second-order valence-electron chi connectivity index (χ2n) is 7.44. The Morgan fingerprint density at radius 3 is 2.47 bits per heavy atom. The highest BCUT2D eigenvalue weighted by Crippen LogP contribution is 2.32. The molecule has 8 heteroatoms. The average Bonchev–Trinajstić information content (AvgIpc) is 2.83. The highest BCUT2D eigenvalue weighted by molar-refractivity contribution is 7.89. The first-order valence-electron chi connectivity index (χ1n) is 10.3. The molecule has 2 N–H and O–H groups in total. The lowest BCUT2D eigenvalue weighted by atomic mass is 10.1. The van der Waals surface area contributed by atoms with E-state index in [9.17, 15) is 13.2 Å². The number of carbonyl (C=O) groups excluding carboxylic acids is 1. The Balaban J connectivity index is 1.44. The minimum Gasteiger partial charge on any atom is -0.486 e. The van der Waals surface area contributed by atoms with Gasteiger partial charge >= 0.3 is 0 Å². The summed E-state index contributed by atoms with van der Waals surface area (Å²) < 4.78 is 39.1. The molecule has 1 atom stereocenters. The first kappa shape index (κ1) is 21.9. The molecule has 166 valence electrons. The van der Waals surface area contributed by atoms with Gasteiger partial charge in [-0.1, -0.05) is 42.5 Å². The summed E-state index contributed by atoms with van der Waals surface area (Å²) in [4.78, 5) is 12.8. The van der Waals surface area contributed by atoms with E-state index >= 15 is 0 Å². The summed E-state index contributed by atoms with van der Waals surface area (Å²) in [6.07, 6.45) is 0. The number of ether oxygens (including phenoxy) is 2. The molecule has 0 saturated heterocycles. The molecule has 0 aliphatic carbocycles. The van der Waals surface area contributed by atoms with Gasteiger partial charge in [0.15, 0.2) is 11.5 Å². The molecule has 0 saturated carbocycles. The number of nitrogens with one attached hydrogen (secondary N) is 2. The number of benzene rings is 3. The lowest BCUT2D eigenvalue weighted by molar-refractivity contribution is 0.0939. The molecule has 3 aromatic carbocycles. The zero-order valence-electron chi connectivity index (χ0n) is 17.6. The maximum absolute atomic E-state index is 12.8. The molecule has 3 aromatic rings. The van der Waals surface area contributed by atoms with Gasteiger partial charge in [-0.3, -0.25) is 4.79 Å². The number of amides is 1. The monoisotopic (exact) mass is 452 g/mol. The van der Waals surface area contributed by atoms with Crippen LogP contribution >= 0.6 is 0 Å². The van der Waals surface area contributed by atoms with Crippen LogP contribution in [0.15, 0.2) is 77.7 Å². The normalized spacial score (nSPS) is 13.9. The van der Waals surface area contributed by atoms with Gasteiger partial charge in [0.1, 0.15) is 13.2 Å². The maximum Gasteiger partial charge on any atom is 0.251 e. The van der Waals surface area contributed by atoms with Gasteiger partial charge in [-0.15, -0.1) is 0 Å². The van der Waals surface area contributed by atoms with Gasteiger partial charge in [0, 0.05) is 12.1 Å². The van der Waals surface area contributed by atoms with Crippen molar-refractivity contribution in [3.05, 3.63) is 89.5 Å². The first-order chi connectivity index (χ1) is 15.4. The predicted octanol–water partition coefficient (Wildman–Crippen LogP) is 3.43. The van der Waals surface area contributed by atoms with Gasteiger partial charge in [-0.25, -0.2) is 13.1 Å². The maximum atomic E-state index is 12.8. The quantitative estimate of drug-likeness (QED) is 0.573. The lowest BCUT2D eigenvalue weighted by Gasteiger charge is -2.21. The van der Waals surface area contributed by atoms with Crippen LogP contribution in [0.25, 0.3) is 0 Å². The highest BCUT2D eigenvalue weighted by Gasteiger charge is 2.19. The average molecular weight is 453 g/mol. The fourth-order valence-electron chi connectivity index (χ4n) is 3.35. The molecule has 1 aliphatic heterocycles. The Labute approximate surface area is 187 Å². The highest BCUT2D eigenvalue weighted by atomic mass is 32.2. The molecule has 32 heavy (non-hydrogen) atoms. The zero-order chi connectivity index (χ0) is 22.6. The van der Waals surface area contributed by atoms with Crippen molar-refractivity contribution in [2.24, 2.45) is 0 Å². The van der Waals surface area contributed by atoms with Crippen LogP contribution in [0.3, 0.4) is 0 Å². The SMILES string of the molecule is C[C@@H](NC(=O)c1cccc(S(=O)(=O)NCc2ccccc2)c1)c1ccc2c(c1)OCCO2. The minimum atomic E-state index is -3.77. The van der Waals surface area contributed by atoms with Gasteiger partial charge in [-0.2, -0.15) is 0 Å². The fourth-order valence-corrected chi connectivity index (χ4v) is 4.42. The second kappa shape index (κ2) is 9.42. The summed E-state index contributed by atoms with van der Waals surface area (Å²) in [5.74, 6) is 0.958. The van der Waals surface area contributed by atoms with Crippen LogP contribution in [0.4, 0.5) is 0 Å². The van der Waals surface area contributed by atoms with E-state index in [2.05, 4.69) is 10.0 Å². The third-order valence-electron chi connectivity index (χ3n) is 5.13. The van der Waals surface area contributed by atoms with Crippen molar-refractivity contribution in [1.29, 1.82) is 0 Å². The Hall–Kier alpha value is -3.36. The smallest absolute Gasteiger partial charge is 0.251 e. The number of carbonyl (C=O) groups is 1. The van der Waals surface area contributed by atoms with Gasteiger partial charge in [-0.05, 0) is 48.4 Å². The van der Waals surface area contributed by atoms with Crippen LogP contribution in [0.5, 0.6) is 11.5 Å². The minimum absolute atomic E-state index is 0.0352. The van der Waals surface area contributed by atoms with E-state index in [1.165, 1.54) is 12.1 Å². The number of sulfonamides is 1. The van der Waals surface area contributed by atoms with E-state index in [4.69, 9.17) is 9.47 Å². The molecule has 4 rings (SSSR count). The Bertz CT molecular complexity index is 1210. The van der Waals surface area contributed by atoms with Gasteiger partial charge in [0.2, 0.25) is 10.0 Å². The largest absolute Gasteiger partial charge is 0.486 e. The third-order valence-corrected chi connectivity index (χ3v) is 6.53. The van der Waals surface area contributed by atoms with Gasteiger partial charge in [0.25, 0.3) is 5.91 Å². The van der Waals surface area contributed by atoms with Crippen molar-refractivity contribution < 1.29 is 22.7 Å². The molecule has 1 amide bonds. The molecule has 1 heterocycles. The Kier molecular flexibility index (Phi) is 6.43. The van der Waals surface area contributed by atoms with Crippen LogP contribution in [0, 0.1) is 0 Å². The summed E-state index contributed by atoms with van der Waals surface area (Å²) >= 11 is 0. The van der Waals surface area contributed by atoms with Crippen molar-refractivity contribution in [1.82, 2.24) is 10.0 Å². The second-order valence-corrected chi connectivity index (χ2v) is 9.20. The molecule has 7 nitrogen and oxygen atoms in total. The van der Waals surface area contributed by atoms with Crippen molar-refractivity contribution in [3.63, 3.8) is 0 Å². The van der Waals surface area contributed by atoms with E-state index in [0.717, 1.165) is 11.1 Å². The molecule has 0 aromatic heterocycles. The van der Waals surface area contributed by atoms with Crippen molar-refractivity contribution in [3.8, 4) is 11.5 Å². The van der Waals surface area contributed by atoms with Crippen molar-refractivity contribution in [2.75, 3.05) is 13.2 Å². The predicted molar refractivity (Wildman–Crippen MR) is 120 cm³/mol. The molecule has 0 unspecified atom stereocenters. The van der Waals surface area contributed by atoms with E-state index in [-0.39, 0.29) is 29.0 Å². The molecule has 0 spiro atoms. The van der Waals surface area contributed by atoms with E-state index < -0.39 is 10.0 Å². The zero-order valence-corrected chi connectivity index (χ0v) is 18.4. The third kappa shape index (κ3) is 5.09. The molecule has 0 radical (unpaired) electrons. The number of fused-ring (bicyclic) bond motifs is 1. The summed E-state index contributed by atoms with van der Waals surface area (Å²) in [6.45, 7) is 3.01. The molecular formula is C24H24N2O5S. The number of hydrogen-bond acceptors (Lipinski definition) is 5. The standard InChI is InChI=1S/C24H24N2O5S/c1-17(19-10-11-22-23(15-19)31-13-12-30-22)26-24(27)20-8-5-9-21(14-20)32(28,29)25-16-18-6-3-2-4-7-18/h2-11,14-15,17,25H,12-13,16H2,1H3,(H,26,27)/t17-/m1/s1.